The van der Waals surface area contributed by atoms with Gasteiger partial charge in [0.1, 0.15) is 6.54 Å². The lowest BCUT2D eigenvalue weighted by Crippen LogP contribution is -2.25. The zero-order chi connectivity index (χ0) is 34.4. The van der Waals surface area contributed by atoms with Crippen molar-refractivity contribution in [2.75, 3.05) is 29.5 Å². The number of aryl methyl sites for hydroxylation is 2. The molecule has 0 radical (unpaired) electrons. The number of hydrogen-bond acceptors (Lipinski definition) is 9. The fourth-order valence-electron chi connectivity index (χ4n) is 4.47. The predicted molar refractivity (Wildman–Crippen MR) is 170 cm³/mol. The maximum atomic E-state index is 11.6. The van der Waals surface area contributed by atoms with Crippen molar-refractivity contribution in [1.82, 2.24) is 0 Å². The van der Waals surface area contributed by atoms with Gasteiger partial charge >= 0.3 is 0 Å². The molecular weight excluding hydrogens is 673 g/mol. The smallest absolute Gasteiger partial charge is 0.294 e. The van der Waals surface area contributed by atoms with Gasteiger partial charge < -0.3 is 4.90 Å². The van der Waals surface area contributed by atoms with Crippen LogP contribution in [0.15, 0.2) is 70.1 Å². The molecule has 0 aromatic heterocycles. The summed E-state index contributed by atoms with van der Waals surface area (Å²) in [6.07, 6.45) is 5.06. The van der Waals surface area contributed by atoms with Crippen LogP contribution in [0.3, 0.4) is 0 Å². The van der Waals surface area contributed by atoms with E-state index in [1.54, 1.807) is 55.4 Å². The van der Waals surface area contributed by atoms with Gasteiger partial charge in [0.25, 0.3) is 40.5 Å². The first kappa shape index (κ1) is 38.2. The minimum atomic E-state index is -4.46. The minimum Gasteiger partial charge on any atom is -0.345 e. The molecule has 2 rings (SSSR count). The van der Waals surface area contributed by atoms with Gasteiger partial charge in [-0.2, -0.15) is 38.2 Å². The Morgan fingerprint density at radius 1 is 0.756 bits per heavy atom. The Labute approximate surface area is 264 Å². The Bertz CT molecular complexity index is 1950. The Morgan fingerprint density at radius 3 is 1.76 bits per heavy atom. The Kier molecular flexibility index (Phi) is 12.8. The summed E-state index contributed by atoms with van der Waals surface area (Å²) in [6, 6.07) is 7.85. The van der Waals surface area contributed by atoms with E-state index in [2.05, 4.69) is 0 Å². The van der Waals surface area contributed by atoms with Crippen molar-refractivity contribution in [2.45, 2.75) is 50.3 Å². The molecule has 0 aliphatic carbocycles. The van der Waals surface area contributed by atoms with Gasteiger partial charge in [0.05, 0.1) is 21.3 Å². The summed E-state index contributed by atoms with van der Waals surface area (Å²) in [5.74, 6) is -1.04. The van der Waals surface area contributed by atoms with Crippen molar-refractivity contribution in [3.63, 3.8) is 0 Å². The molecule has 0 saturated carbocycles. The average Bonchev–Trinajstić information content (AvgIpc) is 2.87. The standard InChI is InChI=1S/C27H36N2O12S4/c1-20-18-24(44(36,37)38)10-12-26(20)28(14-6-16-42(30,31)32)22(3)8-5-9-23(4)29(15-7-17-43(33,34)35)27-13-11-25(19-21(27)2)45(39,40)41/h5,8-13,18-19H,6-7,14-17H2,1-4H3,(H3-,30,31,32,33,34,35,36,37,38,39,40,41)/p+1. The molecule has 18 heteroatoms. The van der Waals surface area contributed by atoms with Crippen molar-refractivity contribution in [3.05, 3.63) is 71.5 Å². The molecule has 0 spiro atoms. The summed E-state index contributed by atoms with van der Waals surface area (Å²) in [5, 5.41) is 0. The molecule has 250 valence electrons. The molecule has 0 unspecified atom stereocenters. The summed E-state index contributed by atoms with van der Waals surface area (Å²) in [5.41, 5.74) is 3.13. The third-order valence-corrected chi connectivity index (χ3v) is 9.92. The largest absolute Gasteiger partial charge is 0.345 e. The molecule has 0 amide bonds. The average molecular weight is 710 g/mol. The first-order valence-corrected chi connectivity index (χ1v) is 19.4. The van der Waals surface area contributed by atoms with Crippen LogP contribution in [0.2, 0.25) is 0 Å². The molecule has 4 N–H and O–H groups in total. The summed E-state index contributed by atoms with van der Waals surface area (Å²) >= 11 is 0. The van der Waals surface area contributed by atoms with Crippen LogP contribution in [0.25, 0.3) is 0 Å². The second-order valence-corrected chi connectivity index (χ2v) is 16.2. The molecule has 14 nitrogen and oxygen atoms in total. The molecule has 0 aliphatic rings. The summed E-state index contributed by atoms with van der Waals surface area (Å²) in [6.45, 7) is 6.89. The molecule has 0 atom stereocenters. The third-order valence-electron chi connectivity index (χ3n) is 6.61. The van der Waals surface area contributed by atoms with Crippen LogP contribution in [-0.2, 0) is 40.5 Å². The van der Waals surface area contributed by atoms with Gasteiger partial charge in [-0.05, 0) is 69.2 Å². The number of nitrogens with zero attached hydrogens (tertiary/aromatic N) is 2. The quantitative estimate of drug-likeness (QED) is 0.0902. The molecular formula is C27H37N2O12S4+. The molecule has 2 aromatic rings. The van der Waals surface area contributed by atoms with Gasteiger partial charge in [-0.25, -0.2) is 0 Å². The van der Waals surface area contributed by atoms with Crippen molar-refractivity contribution < 1.29 is 56.5 Å². The van der Waals surface area contributed by atoms with Crippen molar-refractivity contribution in [2.24, 2.45) is 0 Å². The van der Waals surface area contributed by atoms with Crippen molar-refractivity contribution in [3.8, 4) is 0 Å². The maximum Gasteiger partial charge on any atom is 0.294 e. The lowest BCUT2D eigenvalue weighted by molar-refractivity contribution is -0.440. The van der Waals surface area contributed by atoms with E-state index in [4.69, 9.17) is 0 Å². The SMILES string of the molecule is CC(/C=C/C=C(\C)N(CCCS(=O)(=O)O)c1ccc(S(=O)(=O)O)cc1C)=[N+](CCCS(=O)(=O)O)c1ccc(S(=O)(=O)O)cc1C. The fourth-order valence-corrected chi connectivity index (χ4v) is 6.59. The number of rotatable bonds is 15. The highest BCUT2D eigenvalue weighted by Gasteiger charge is 2.21. The first-order valence-electron chi connectivity index (χ1n) is 13.3. The predicted octanol–water partition coefficient (Wildman–Crippen LogP) is 3.42. The lowest BCUT2D eigenvalue weighted by atomic mass is 10.1. The molecule has 2 aromatic carbocycles. The topological polar surface area (TPSA) is 224 Å². The van der Waals surface area contributed by atoms with Crippen LogP contribution in [0.1, 0.15) is 37.8 Å². The maximum absolute atomic E-state index is 11.6. The molecule has 0 heterocycles. The van der Waals surface area contributed by atoms with Gasteiger partial charge in [-0.3, -0.25) is 18.2 Å². The molecule has 0 fully saturated rings. The normalized spacial score (nSPS) is 14.1. The van der Waals surface area contributed by atoms with Gasteiger partial charge in [0.2, 0.25) is 5.69 Å². The lowest BCUT2D eigenvalue weighted by Gasteiger charge is -2.27. The van der Waals surface area contributed by atoms with Crippen LogP contribution in [0.4, 0.5) is 11.4 Å². The van der Waals surface area contributed by atoms with Crippen LogP contribution in [-0.4, -0.2) is 86.8 Å². The van der Waals surface area contributed by atoms with E-state index in [-0.39, 0.29) is 35.7 Å². The van der Waals surface area contributed by atoms with Crippen molar-refractivity contribution >= 4 is 57.6 Å². The van der Waals surface area contributed by atoms with Crippen LogP contribution >= 0.6 is 0 Å². The molecule has 45 heavy (non-hydrogen) atoms. The number of anilines is 1. The Morgan fingerprint density at radius 2 is 1.27 bits per heavy atom. The molecule has 0 aliphatic heterocycles. The van der Waals surface area contributed by atoms with Gasteiger partial charge in [-0.1, -0.05) is 6.08 Å². The zero-order valence-corrected chi connectivity index (χ0v) is 28.3. The second-order valence-electron chi connectivity index (χ2n) is 10.2. The number of allylic oxidation sites excluding steroid dienone is 4. The monoisotopic (exact) mass is 709 g/mol. The number of hydrogen-bond donors (Lipinski definition) is 4. The van der Waals surface area contributed by atoms with Gasteiger partial charge in [0, 0.05) is 49.0 Å². The van der Waals surface area contributed by atoms with E-state index < -0.39 is 52.0 Å². The van der Waals surface area contributed by atoms with Crippen molar-refractivity contribution in [1.29, 1.82) is 0 Å². The summed E-state index contributed by atoms with van der Waals surface area (Å²) in [4.78, 5) is 1.07. The second kappa shape index (κ2) is 15.1. The van der Waals surface area contributed by atoms with E-state index in [0.29, 0.717) is 33.9 Å². The van der Waals surface area contributed by atoms with E-state index >= 15 is 0 Å². The highest BCUT2D eigenvalue weighted by molar-refractivity contribution is 7.86. The first-order chi connectivity index (χ1) is 20.5. The highest BCUT2D eigenvalue weighted by Crippen LogP contribution is 2.27. The Balaban J connectivity index is 2.55. The highest BCUT2D eigenvalue weighted by atomic mass is 32.2. The van der Waals surface area contributed by atoms with E-state index in [1.165, 1.54) is 36.4 Å². The molecule has 0 saturated heterocycles. The Hall–Kier alpha value is -2.97. The molecule has 0 bridgehead atoms. The van der Waals surface area contributed by atoms with E-state index in [0.717, 1.165) is 0 Å². The summed E-state index contributed by atoms with van der Waals surface area (Å²) < 4.78 is 130. The number of benzene rings is 2. The minimum absolute atomic E-state index is 0.0265. The van der Waals surface area contributed by atoms with E-state index in [9.17, 15) is 51.9 Å². The van der Waals surface area contributed by atoms with Gasteiger partial charge in [0.15, 0.2) is 5.71 Å². The van der Waals surface area contributed by atoms with Crippen LogP contribution in [0, 0.1) is 13.8 Å². The fraction of sp³-hybridized carbons (Fsp3) is 0.370. The zero-order valence-electron chi connectivity index (χ0n) is 25.0. The van der Waals surface area contributed by atoms with Gasteiger partial charge in [-0.15, -0.1) is 0 Å². The van der Waals surface area contributed by atoms with Crippen LogP contribution < -0.4 is 4.90 Å². The van der Waals surface area contributed by atoms with E-state index in [1.807, 2.05) is 0 Å². The van der Waals surface area contributed by atoms with Crippen LogP contribution in [0.5, 0.6) is 0 Å². The third kappa shape index (κ3) is 12.4. The summed E-state index contributed by atoms with van der Waals surface area (Å²) in [7, 11) is -17.4.